The Morgan fingerprint density at radius 1 is 1.28 bits per heavy atom. The summed E-state index contributed by atoms with van der Waals surface area (Å²) in [6.07, 6.45) is 1.71. The first-order valence-corrected chi connectivity index (χ1v) is 8.33. The van der Waals surface area contributed by atoms with Crippen molar-refractivity contribution in [1.82, 2.24) is 4.90 Å². The van der Waals surface area contributed by atoms with Gasteiger partial charge < -0.3 is 15.3 Å². The Morgan fingerprint density at radius 3 is 2.76 bits per heavy atom. The maximum absolute atomic E-state index is 11.7. The molecule has 1 atom stereocenters. The Kier molecular flexibility index (Phi) is 4.63. The van der Waals surface area contributed by atoms with Crippen molar-refractivity contribution < 1.29 is 19.1 Å². The summed E-state index contributed by atoms with van der Waals surface area (Å²) in [5.74, 6) is 0.0149. The van der Waals surface area contributed by atoms with Crippen molar-refractivity contribution in [2.45, 2.75) is 26.3 Å². The second-order valence-corrected chi connectivity index (χ2v) is 6.86. The van der Waals surface area contributed by atoms with Crippen LogP contribution in [0.5, 0.6) is 0 Å². The summed E-state index contributed by atoms with van der Waals surface area (Å²) in [6, 6.07) is 10.4. The summed E-state index contributed by atoms with van der Waals surface area (Å²) in [6.45, 7) is 3.95. The van der Waals surface area contributed by atoms with Gasteiger partial charge in [-0.3, -0.25) is 9.69 Å². The van der Waals surface area contributed by atoms with E-state index in [9.17, 15) is 14.7 Å². The number of carbonyl (C=O) groups is 2. The Labute approximate surface area is 146 Å². The number of carboxylic acids is 1. The van der Waals surface area contributed by atoms with E-state index in [1.165, 1.54) is 0 Å². The predicted octanol–water partition coefficient (Wildman–Crippen LogP) is 2.73. The molecule has 0 spiro atoms. The molecule has 6 nitrogen and oxygen atoms in total. The monoisotopic (exact) mass is 342 g/mol. The van der Waals surface area contributed by atoms with Crippen LogP contribution in [0.25, 0.3) is 11.3 Å². The number of nitrogens with two attached hydrogens (primary N) is 1. The number of furan rings is 1. The molecule has 1 aromatic carbocycles. The van der Waals surface area contributed by atoms with Gasteiger partial charge in [-0.15, -0.1) is 0 Å². The largest absolute Gasteiger partial charge is 0.478 e. The van der Waals surface area contributed by atoms with Gasteiger partial charge in [-0.05, 0) is 44.5 Å². The van der Waals surface area contributed by atoms with Crippen LogP contribution < -0.4 is 5.73 Å². The van der Waals surface area contributed by atoms with Gasteiger partial charge in [0.05, 0.1) is 17.5 Å². The highest BCUT2D eigenvalue weighted by Crippen LogP contribution is 2.31. The molecular weight excluding hydrogens is 320 g/mol. The number of nitrogens with zero attached hydrogens (tertiary/aromatic N) is 1. The standard InChI is InChI=1S/C19H22N2O4/c1-19(18(20)24)9-4-10-21(12-19)11-13-7-8-16(25-13)14-5-2-3-6-15(14)17(22)23/h2-3,5-8H,4,9-12H2,1H3,(H2,20,24)(H,22,23)/t19-/m1/s1. The molecule has 2 aromatic rings. The van der Waals surface area contributed by atoms with E-state index in [0.29, 0.717) is 24.4 Å². The van der Waals surface area contributed by atoms with Gasteiger partial charge in [0.25, 0.3) is 0 Å². The van der Waals surface area contributed by atoms with Gasteiger partial charge >= 0.3 is 5.97 Å². The lowest BCUT2D eigenvalue weighted by atomic mass is 9.81. The first-order chi connectivity index (χ1) is 11.9. The summed E-state index contributed by atoms with van der Waals surface area (Å²) in [5.41, 5.74) is 5.80. The molecule has 0 radical (unpaired) electrons. The third kappa shape index (κ3) is 3.58. The summed E-state index contributed by atoms with van der Waals surface area (Å²) in [5, 5.41) is 9.31. The van der Waals surface area contributed by atoms with Crippen LogP contribution in [0.3, 0.4) is 0 Å². The van der Waals surface area contributed by atoms with E-state index in [2.05, 4.69) is 4.90 Å². The van der Waals surface area contributed by atoms with Crippen LogP contribution in [0, 0.1) is 5.41 Å². The number of rotatable bonds is 5. The molecule has 1 aliphatic rings. The van der Waals surface area contributed by atoms with Crippen molar-refractivity contribution in [3.05, 3.63) is 47.7 Å². The van der Waals surface area contributed by atoms with Gasteiger partial charge in [0.2, 0.25) is 5.91 Å². The topological polar surface area (TPSA) is 96.8 Å². The number of carbonyl (C=O) groups excluding carboxylic acids is 1. The number of carboxylic acid groups (broad SMARTS) is 1. The molecule has 1 aliphatic heterocycles. The predicted molar refractivity (Wildman–Crippen MR) is 92.9 cm³/mol. The zero-order valence-electron chi connectivity index (χ0n) is 14.2. The molecule has 1 fully saturated rings. The lowest BCUT2D eigenvalue weighted by Gasteiger charge is -2.37. The van der Waals surface area contributed by atoms with E-state index in [4.69, 9.17) is 10.2 Å². The summed E-state index contributed by atoms with van der Waals surface area (Å²) in [7, 11) is 0. The highest BCUT2D eigenvalue weighted by Gasteiger charge is 2.36. The molecule has 0 unspecified atom stereocenters. The van der Waals surface area contributed by atoms with Crippen LogP contribution in [0.4, 0.5) is 0 Å². The number of hydrogen-bond donors (Lipinski definition) is 2. The minimum Gasteiger partial charge on any atom is -0.478 e. The zero-order valence-corrected chi connectivity index (χ0v) is 14.2. The fraction of sp³-hybridized carbons (Fsp3) is 0.368. The number of amides is 1. The molecule has 25 heavy (non-hydrogen) atoms. The quantitative estimate of drug-likeness (QED) is 0.871. The second-order valence-electron chi connectivity index (χ2n) is 6.86. The smallest absolute Gasteiger partial charge is 0.336 e. The molecule has 3 N–H and O–H groups in total. The fourth-order valence-electron chi connectivity index (χ4n) is 3.39. The van der Waals surface area contributed by atoms with E-state index in [0.717, 1.165) is 25.1 Å². The van der Waals surface area contributed by atoms with Crippen molar-refractivity contribution in [2.24, 2.45) is 11.1 Å². The molecule has 1 saturated heterocycles. The van der Waals surface area contributed by atoms with E-state index in [1.807, 2.05) is 13.0 Å². The molecule has 1 amide bonds. The van der Waals surface area contributed by atoms with Crippen molar-refractivity contribution in [1.29, 1.82) is 0 Å². The molecule has 0 bridgehead atoms. The van der Waals surface area contributed by atoms with Gasteiger partial charge in [0.1, 0.15) is 11.5 Å². The van der Waals surface area contributed by atoms with Gasteiger partial charge in [0.15, 0.2) is 0 Å². The second kappa shape index (κ2) is 6.72. The normalized spacial score (nSPS) is 21.2. The van der Waals surface area contributed by atoms with Gasteiger partial charge in [-0.1, -0.05) is 18.2 Å². The van der Waals surface area contributed by atoms with Crippen LogP contribution in [-0.4, -0.2) is 35.0 Å². The van der Waals surface area contributed by atoms with Crippen LogP contribution in [0.2, 0.25) is 0 Å². The molecule has 3 rings (SSSR count). The van der Waals surface area contributed by atoms with Crippen molar-refractivity contribution >= 4 is 11.9 Å². The highest BCUT2D eigenvalue weighted by atomic mass is 16.4. The number of hydrogen-bond acceptors (Lipinski definition) is 4. The fourth-order valence-corrected chi connectivity index (χ4v) is 3.39. The first kappa shape index (κ1) is 17.2. The van der Waals surface area contributed by atoms with Crippen molar-refractivity contribution in [2.75, 3.05) is 13.1 Å². The Balaban J connectivity index is 1.77. The minimum absolute atomic E-state index is 0.211. The average molecular weight is 342 g/mol. The van der Waals surface area contributed by atoms with Crippen LogP contribution in [-0.2, 0) is 11.3 Å². The third-order valence-corrected chi connectivity index (χ3v) is 4.83. The van der Waals surface area contributed by atoms with Crippen LogP contribution >= 0.6 is 0 Å². The van der Waals surface area contributed by atoms with Crippen molar-refractivity contribution in [3.8, 4) is 11.3 Å². The molecule has 6 heteroatoms. The Bertz CT molecular complexity index is 798. The summed E-state index contributed by atoms with van der Waals surface area (Å²) >= 11 is 0. The molecule has 1 aromatic heterocycles. The maximum Gasteiger partial charge on any atom is 0.336 e. The SMILES string of the molecule is C[C@@]1(C(N)=O)CCCN(Cc2ccc(-c3ccccc3C(=O)O)o2)C1. The molecule has 0 saturated carbocycles. The van der Waals surface area contributed by atoms with E-state index in [1.54, 1.807) is 30.3 Å². The molecule has 132 valence electrons. The van der Waals surface area contributed by atoms with Crippen LogP contribution in [0.15, 0.2) is 40.8 Å². The third-order valence-electron chi connectivity index (χ3n) is 4.83. The lowest BCUT2D eigenvalue weighted by molar-refractivity contribution is -0.130. The number of piperidine rings is 1. The highest BCUT2D eigenvalue weighted by molar-refractivity contribution is 5.95. The number of benzene rings is 1. The average Bonchev–Trinajstić information content (AvgIpc) is 3.03. The van der Waals surface area contributed by atoms with Crippen molar-refractivity contribution in [3.63, 3.8) is 0 Å². The van der Waals surface area contributed by atoms with Gasteiger partial charge in [0, 0.05) is 12.1 Å². The molecule has 2 heterocycles. The maximum atomic E-state index is 11.7. The Hall–Kier alpha value is -2.60. The van der Waals surface area contributed by atoms with Gasteiger partial charge in [-0.2, -0.15) is 0 Å². The number of likely N-dealkylation sites (tertiary alicyclic amines) is 1. The summed E-state index contributed by atoms with van der Waals surface area (Å²) in [4.78, 5) is 25.2. The number of aromatic carboxylic acids is 1. The van der Waals surface area contributed by atoms with E-state index in [-0.39, 0.29) is 11.5 Å². The van der Waals surface area contributed by atoms with Crippen LogP contribution in [0.1, 0.15) is 35.9 Å². The summed E-state index contributed by atoms with van der Waals surface area (Å²) < 4.78 is 5.87. The molecular formula is C19H22N2O4. The molecule has 0 aliphatic carbocycles. The number of primary amides is 1. The Morgan fingerprint density at radius 2 is 2.04 bits per heavy atom. The van der Waals surface area contributed by atoms with E-state index < -0.39 is 11.4 Å². The lowest BCUT2D eigenvalue weighted by Crippen LogP contribution is -2.48. The minimum atomic E-state index is -0.984. The van der Waals surface area contributed by atoms with Gasteiger partial charge in [-0.25, -0.2) is 4.79 Å². The first-order valence-electron chi connectivity index (χ1n) is 8.33. The van der Waals surface area contributed by atoms with E-state index >= 15 is 0 Å². The zero-order chi connectivity index (χ0) is 18.0.